The number of hydrogen-bond donors (Lipinski definition) is 2. The summed E-state index contributed by atoms with van der Waals surface area (Å²) in [4.78, 5) is 23.4. The first-order chi connectivity index (χ1) is 9.65. The van der Waals surface area contributed by atoms with Gasteiger partial charge in [0.1, 0.15) is 11.8 Å². The molecule has 0 saturated heterocycles. The highest BCUT2D eigenvalue weighted by atomic mass is 16.5. The number of carboxylic acids is 1. The summed E-state index contributed by atoms with van der Waals surface area (Å²) in [6, 6.07) is -0.828. The van der Waals surface area contributed by atoms with Gasteiger partial charge in [0.2, 0.25) is 0 Å². The number of hydrogen-bond acceptors (Lipinski definition) is 4. The molecule has 108 valence electrons. The lowest BCUT2D eigenvalue weighted by Gasteiger charge is -2.14. The Morgan fingerprint density at radius 1 is 1.35 bits per heavy atom. The molecule has 1 unspecified atom stereocenters. The van der Waals surface area contributed by atoms with Crippen molar-refractivity contribution in [2.24, 2.45) is 5.92 Å². The number of aliphatic carboxylic acids is 1. The monoisotopic (exact) mass is 278 g/mol. The van der Waals surface area contributed by atoms with E-state index in [1.54, 1.807) is 0 Å². The fraction of sp³-hybridized carbons (Fsp3) is 0.643. The lowest BCUT2D eigenvalue weighted by molar-refractivity contribution is -0.139. The second kappa shape index (κ2) is 5.26. The Balaban J connectivity index is 1.71. The second-order valence-corrected chi connectivity index (χ2v) is 5.68. The SMILES string of the molecule is O=C(NC(CC1CC1)C(=O)O)c1noc2c1CCCC2. The lowest BCUT2D eigenvalue weighted by Crippen LogP contribution is -2.41. The number of amides is 1. The smallest absolute Gasteiger partial charge is 0.326 e. The number of fused-ring (bicyclic) bond motifs is 1. The molecule has 0 bridgehead atoms. The van der Waals surface area contributed by atoms with Gasteiger partial charge in [-0.1, -0.05) is 18.0 Å². The van der Waals surface area contributed by atoms with Crippen molar-refractivity contribution in [3.05, 3.63) is 17.0 Å². The average Bonchev–Trinajstić information content (AvgIpc) is 3.14. The van der Waals surface area contributed by atoms with E-state index < -0.39 is 17.9 Å². The molecule has 1 aromatic heterocycles. The van der Waals surface area contributed by atoms with Gasteiger partial charge in [-0.25, -0.2) is 4.79 Å². The molecule has 1 fully saturated rings. The lowest BCUT2D eigenvalue weighted by atomic mass is 9.96. The first kappa shape index (κ1) is 13.1. The van der Waals surface area contributed by atoms with Gasteiger partial charge >= 0.3 is 5.97 Å². The second-order valence-electron chi connectivity index (χ2n) is 5.68. The third-order valence-electron chi connectivity index (χ3n) is 4.03. The topological polar surface area (TPSA) is 92.4 Å². The third kappa shape index (κ3) is 2.69. The molecule has 1 amide bonds. The van der Waals surface area contributed by atoms with Gasteiger partial charge in [-0.15, -0.1) is 0 Å². The maximum absolute atomic E-state index is 12.2. The highest BCUT2D eigenvalue weighted by molar-refractivity contribution is 5.96. The van der Waals surface area contributed by atoms with E-state index in [2.05, 4.69) is 10.5 Å². The van der Waals surface area contributed by atoms with Crippen molar-refractivity contribution in [3.63, 3.8) is 0 Å². The van der Waals surface area contributed by atoms with Crippen molar-refractivity contribution in [1.82, 2.24) is 10.5 Å². The van der Waals surface area contributed by atoms with Gasteiger partial charge in [-0.2, -0.15) is 0 Å². The Labute approximate surface area is 116 Å². The van der Waals surface area contributed by atoms with Crippen LogP contribution in [0, 0.1) is 5.92 Å². The predicted molar refractivity (Wildman–Crippen MR) is 69.4 cm³/mol. The minimum atomic E-state index is -0.984. The maximum Gasteiger partial charge on any atom is 0.326 e. The van der Waals surface area contributed by atoms with Crippen molar-refractivity contribution in [1.29, 1.82) is 0 Å². The zero-order valence-electron chi connectivity index (χ0n) is 11.2. The summed E-state index contributed by atoms with van der Waals surface area (Å²) in [7, 11) is 0. The Hall–Kier alpha value is -1.85. The van der Waals surface area contributed by atoms with Gasteiger partial charge in [0.25, 0.3) is 5.91 Å². The molecule has 2 aliphatic rings. The Kier molecular flexibility index (Phi) is 3.46. The van der Waals surface area contributed by atoms with Crippen LogP contribution >= 0.6 is 0 Å². The molecule has 1 atom stereocenters. The van der Waals surface area contributed by atoms with Gasteiger partial charge in [0.05, 0.1) is 0 Å². The summed E-state index contributed by atoms with van der Waals surface area (Å²) in [5.74, 6) is -0.203. The summed E-state index contributed by atoms with van der Waals surface area (Å²) >= 11 is 0. The summed E-state index contributed by atoms with van der Waals surface area (Å²) < 4.78 is 5.19. The fourth-order valence-electron chi connectivity index (χ4n) is 2.70. The molecule has 0 aliphatic heterocycles. The quantitative estimate of drug-likeness (QED) is 0.852. The molecule has 0 aromatic carbocycles. The number of aromatic nitrogens is 1. The molecular formula is C14H18N2O4. The van der Waals surface area contributed by atoms with E-state index in [-0.39, 0.29) is 5.69 Å². The standard InChI is InChI=1S/C14H18N2O4/c17-13(15-10(14(18)19)7-8-5-6-8)12-9-3-1-2-4-11(9)20-16-12/h8,10H,1-7H2,(H,15,17)(H,18,19). The Morgan fingerprint density at radius 2 is 2.10 bits per heavy atom. The van der Waals surface area contributed by atoms with Crippen LogP contribution in [0.5, 0.6) is 0 Å². The first-order valence-electron chi connectivity index (χ1n) is 7.16. The van der Waals surface area contributed by atoms with Gasteiger partial charge in [-0.05, 0) is 31.6 Å². The van der Waals surface area contributed by atoms with Crippen molar-refractivity contribution in [2.45, 2.75) is 51.0 Å². The van der Waals surface area contributed by atoms with Crippen molar-refractivity contribution in [2.75, 3.05) is 0 Å². The number of carbonyl (C=O) groups excluding carboxylic acids is 1. The average molecular weight is 278 g/mol. The van der Waals surface area contributed by atoms with E-state index in [0.29, 0.717) is 12.3 Å². The molecule has 3 rings (SSSR count). The van der Waals surface area contributed by atoms with Crippen LogP contribution in [0.25, 0.3) is 0 Å². The molecule has 1 saturated carbocycles. The van der Waals surface area contributed by atoms with Crippen molar-refractivity contribution in [3.8, 4) is 0 Å². The number of carbonyl (C=O) groups is 2. The van der Waals surface area contributed by atoms with Crippen molar-refractivity contribution < 1.29 is 19.2 Å². The molecule has 1 heterocycles. The summed E-state index contributed by atoms with van der Waals surface area (Å²) in [6.07, 6.45) is 6.25. The van der Waals surface area contributed by atoms with Crippen LogP contribution in [-0.2, 0) is 17.6 Å². The third-order valence-corrected chi connectivity index (χ3v) is 4.03. The van der Waals surface area contributed by atoms with Crippen LogP contribution in [0.15, 0.2) is 4.52 Å². The normalized spacial score (nSPS) is 19.2. The molecule has 2 aliphatic carbocycles. The van der Waals surface area contributed by atoms with Crippen LogP contribution in [0.2, 0.25) is 0 Å². The number of nitrogens with zero attached hydrogens (tertiary/aromatic N) is 1. The highest BCUT2D eigenvalue weighted by Gasteiger charge is 2.32. The molecule has 6 heteroatoms. The Morgan fingerprint density at radius 3 is 2.80 bits per heavy atom. The molecule has 2 N–H and O–H groups in total. The van der Waals surface area contributed by atoms with Gasteiger partial charge in [-0.3, -0.25) is 4.79 Å². The van der Waals surface area contributed by atoms with Gasteiger partial charge in [0.15, 0.2) is 5.69 Å². The van der Waals surface area contributed by atoms with Crippen LogP contribution in [0.1, 0.15) is 53.9 Å². The summed E-state index contributed by atoms with van der Waals surface area (Å²) in [5, 5.41) is 15.6. The fourth-order valence-corrected chi connectivity index (χ4v) is 2.70. The van der Waals surface area contributed by atoms with E-state index in [0.717, 1.165) is 49.8 Å². The molecule has 6 nitrogen and oxygen atoms in total. The number of aryl methyl sites for hydroxylation is 1. The van der Waals surface area contributed by atoms with Crippen LogP contribution < -0.4 is 5.32 Å². The van der Waals surface area contributed by atoms with E-state index in [1.807, 2.05) is 0 Å². The van der Waals surface area contributed by atoms with Crippen LogP contribution in [0.4, 0.5) is 0 Å². The Bertz CT molecular complexity index is 533. The molecule has 20 heavy (non-hydrogen) atoms. The van der Waals surface area contributed by atoms with E-state index in [4.69, 9.17) is 4.52 Å². The summed E-state index contributed by atoms with van der Waals surface area (Å²) in [6.45, 7) is 0. The van der Waals surface area contributed by atoms with Gasteiger partial charge < -0.3 is 14.9 Å². The minimum Gasteiger partial charge on any atom is -0.480 e. The molecule has 1 aromatic rings. The highest BCUT2D eigenvalue weighted by Crippen LogP contribution is 2.33. The zero-order valence-corrected chi connectivity index (χ0v) is 11.2. The largest absolute Gasteiger partial charge is 0.480 e. The maximum atomic E-state index is 12.2. The van der Waals surface area contributed by atoms with E-state index in [9.17, 15) is 14.7 Å². The van der Waals surface area contributed by atoms with Crippen LogP contribution in [0.3, 0.4) is 0 Å². The first-order valence-corrected chi connectivity index (χ1v) is 7.16. The molecule has 0 radical (unpaired) electrons. The van der Waals surface area contributed by atoms with Gasteiger partial charge in [0, 0.05) is 12.0 Å². The predicted octanol–water partition coefficient (Wildman–Crippen LogP) is 1.54. The number of nitrogens with one attached hydrogen (secondary N) is 1. The van der Waals surface area contributed by atoms with Crippen molar-refractivity contribution >= 4 is 11.9 Å². The number of carboxylic acid groups (broad SMARTS) is 1. The molecular weight excluding hydrogens is 260 g/mol. The zero-order chi connectivity index (χ0) is 14.1. The van der Waals surface area contributed by atoms with Crippen LogP contribution in [-0.4, -0.2) is 28.2 Å². The number of rotatable bonds is 5. The minimum absolute atomic E-state index is 0.266. The van der Waals surface area contributed by atoms with E-state index in [1.165, 1.54) is 0 Å². The van der Waals surface area contributed by atoms with E-state index >= 15 is 0 Å². The summed E-state index contributed by atoms with van der Waals surface area (Å²) in [5.41, 5.74) is 1.12. The molecule has 0 spiro atoms.